The maximum Gasteiger partial charge on any atom is 0.308 e. The Morgan fingerprint density at radius 1 is 1.45 bits per heavy atom. The molecule has 0 amide bonds. The molecule has 1 aromatic rings. The topological polar surface area (TPSA) is 29.5 Å². The summed E-state index contributed by atoms with van der Waals surface area (Å²) in [6.45, 7) is 6.14. The van der Waals surface area contributed by atoms with Crippen molar-refractivity contribution >= 4 is 30.1 Å². The Morgan fingerprint density at radius 2 is 2.27 bits per heavy atom. The van der Waals surface area contributed by atoms with Gasteiger partial charge in [-0.05, 0) is 56.1 Å². The Balaban J connectivity index is 0.00000176. The average Bonchev–Trinajstić information content (AvgIpc) is 2.47. The first-order valence-electron chi connectivity index (χ1n) is 7.88. The van der Waals surface area contributed by atoms with Gasteiger partial charge >= 0.3 is 5.97 Å². The van der Waals surface area contributed by atoms with Gasteiger partial charge in [-0.2, -0.15) is 0 Å². The summed E-state index contributed by atoms with van der Waals surface area (Å²) in [5, 5.41) is 0. The number of likely N-dealkylation sites (tertiary alicyclic amines) is 1. The summed E-state index contributed by atoms with van der Waals surface area (Å²) < 4.78 is 5.27. The maximum absolute atomic E-state index is 11.2. The normalized spacial score (nSPS) is 23.9. The van der Waals surface area contributed by atoms with E-state index in [9.17, 15) is 4.79 Å². The van der Waals surface area contributed by atoms with Crippen LogP contribution in [0.15, 0.2) is 23.1 Å². The Kier molecular flexibility index (Phi) is 6.18. The molecule has 3 nitrogen and oxygen atoms in total. The second-order valence-electron chi connectivity index (χ2n) is 5.96. The van der Waals surface area contributed by atoms with Crippen LogP contribution in [0.4, 0.5) is 0 Å². The fourth-order valence-corrected chi connectivity index (χ4v) is 4.96. The first-order valence-corrected chi connectivity index (χ1v) is 8.87. The lowest BCUT2D eigenvalue weighted by Gasteiger charge is -2.44. The lowest BCUT2D eigenvalue weighted by Crippen LogP contribution is -2.47. The number of ether oxygens (including phenoxy) is 1. The molecule has 3 rings (SSSR count). The molecule has 0 N–H and O–H groups in total. The van der Waals surface area contributed by atoms with Crippen molar-refractivity contribution in [3.63, 3.8) is 0 Å². The largest absolute Gasteiger partial charge is 0.427 e. The molecule has 0 radical (unpaired) electrons. The van der Waals surface area contributed by atoms with Gasteiger partial charge in [-0.25, -0.2) is 0 Å². The number of esters is 1. The van der Waals surface area contributed by atoms with Gasteiger partial charge in [0, 0.05) is 29.5 Å². The minimum absolute atomic E-state index is 0. The van der Waals surface area contributed by atoms with Crippen LogP contribution in [0.3, 0.4) is 0 Å². The van der Waals surface area contributed by atoms with Gasteiger partial charge in [0.2, 0.25) is 0 Å². The quantitative estimate of drug-likeness (QED) is 0.611. The highest BCUT2D eigenvalue weighted by atomic mass is 35.5. The van der Waals surface area contributed by atoms with E-state index in [2.05, 4.69) is 24.0 Å². The number of benzene rings is 1. The van der Waals surface area contributed by atoms with Crippen molar-refractivity contribution in [2.24, 2.45) is 0 Å². The summed E-state index contributed by atoms with van der Waals surface area (Å²) >= 11 is 1.95. The van der Waals surface area contributed by atoms with Gasteiger partial charge in [0.15, 0.2) is 0 Å². The summed E-state index contributed by atoms with van der Waals surface area (Å²) in [7, 11) is 0. The van der Waals surface area contributed by atoms with Crippen molar-refractivity contribution in [3.05, 3.63) is 23.8 Å². The van der Waals surface area contributed by atoms with E-state index in [1.165, 1.54) is 55.5 Å². The number of hydrogen-bond donors (Lipinski definition) is 0. The molecule has 22 heavy (non-hydrogen) atoms. The number of carbonyl (C=O) groups excluding carboxylic acids is 1. The van der Waals surface area contributed by atoms with Crippen LogP contribution in [0, 0.1) is 0 Å². The van der Waals surface area contributed by atoms with Crippen LogP contribution in [0.1, 0.15) is 44.6 Å². The van der Waals surface area contributed by atoms with Crippen molar-refractivity contribution in [1.82, 2.24) is 4.90 Å². The Labute approximate surface area is 143 Å². The molecule has 0 bridgehead atoms. The Bertz CT molecular complexity index is 535. The smallest absolute Gasteiger partial charge is 0.308 e. The van der Waals surface area contributed by atoms with Gasteiger partial charge in [0.25, 0.3) is 0 Å². The van der Waals surface area contributed by atoms with Gasteiger partial charge in [-0.3, -0.25) is 9.69 Å². The van der Waals surface area contributed by atoms with E-state index in [4.69, 9.17) is 4.74 Å². The monoisotopic (exact) mass is 341 g/mol. The number of nitrogens with zero attached hydrogens (tertiary/aromatic N) is 1. The van der Waals surface area contributed by atoms with Gasteiger partial charge in [0.1, 0.15) is 5.75 Å². The predicted molar refractivity (Wildman–Crippen MR) is 93.4 cm³/mol. The number of piperidine rings is 1. The van der Waals surface area contributed by atoms with Crippen molar-refractivity contribution in [1.29, 1.82) is 0 Å². The fraction of sp³-hybridized carbons (Fsp3) is 0.588. The second-order valence-corrected chi connectivity index (χ2v) is 7.02. The summed E-state index contributed by atoms with van der Waals surface area (Å²) in [6, 6.07) is 6.77. The lowest BCUT2D eigenvalue weighted by atomic mass is 9.83. The molecular formula is C17H24ClNO2S. The number of rotatable bonds is 3. The number of thioether (sulfide) groups is 1. The summed E-state index contributed by atoms with van der Waals surface area (Å²) in [5.41, 5.74) is 1.39. The van der Waals surface area contributed by atoms with Crippen molar-refractivity contribution in [2.75, 3.05) is 18.8 Å². The summed E-state index contributed by atoms with van der Waals surface area (Å²) in [5.74, 6) is 2.23. The molecular weight excluding hydrogens is 318 g/mol. The molecule has 1 saturated heterocycles. The molecule has 0 aromatic heterocycles. The molecule has 0 aliphatic carbocycles. The van der Waals surface area contributed by atoms with E-state index >= 15 is 0 Å². The second kappa shape index (κ2) is 7.71. The minimum atomic E-state index is -0.244. The molecule has 1 fully saturated rings. The van der Waals surface area contributed by atoms with E-state index < -0.39 is 0 Å². The molecule has 122 valence electrons. The molecule has 2 atom stereocenters. The van der Waals surface area contributed by atoms with Crippen molar-refractivity contribution < 1.29 is 9.53 Å². The van der Waals surface area contributed by atoms with E-state index in [0.717, 1.165) is 0 Å². The first kappa shape index (κ1) is 17.6. The Morgan fingerprint density at radius 3 is 3.00 bits per heavy atom. The number of carbonyl (C=O) groups is 1. The number of hydrogen-bond acceptors (Lipinski definition) is 4. The zero-order valence-electron chi connectivity index (χ0n) is 13.2. The van der Waals surface area contributed by atoms with Crippen LogP contribution < -0.4 is 4.74 Å². The third-order valence-electron chi connectivity index (χ3n) is 4.46. The van der Waals surface area contributed by atoms with Crippen molar-refractivity contribution in [3.8, 4) is 5.75 Å². The highest BCUT2D eigenvalue weighted by molar-refractivity contribution is 7.99. The first-order chi connectivity index (χ1) is 10.2. The summed E-state index contributed by atoms with van der Waals surface area (Å²) in [6.07, 6.45) is 3.74. The number of fused-ring (bicyclic) bond motifs is 3. The molecule has 1 aromatic carbocycles. The van der Waals surface area contributed by atoms with Crippen LogP contribution in [0.25, 0.3) is 0 Å². The standard InChI is InChI=1S/C17H23NO2S.ClH/c1-3-8-18-9-4-5-14-15-10-13(20-12(2)19)6-7-17(15)21-11-16(14)18;/h6-7,10,14,16H,3-5,8-9,11H2,1-2H3;1H. The van der Waals surface area contributed by atoms with Crippen molar-refractivity contribution in [2.45, 2.75) is 50.0 Å². The SMILES string of the molecule is CCCN1CCCC2c3cc(OC(C)=O)ccc3SCC21.Cl. The fourth-order valence-electron chi connectivity index (χ4n) is 3.63. The predicted octanol–water partition coefficient (Wildman–Crippen LogP) is 4.10. The molecule has 2 unspecified atom stereocenters. The van der Waals surface area contributed by atoms with Gasteiger partial charge in [0.05, 0.1) is 0 Å². The molecule has 2 heterocycles. The average molecular weight is 342 g/mol. The van der Waals surface area contributed by atoms with Crippen LogP contribution in [0.5, 0.6) is 5.75 Å². The minimum Gasteiger partial charge on any atom is -0.427 e. The van der Waals surface area contributed by atoms with Crippen LogP contribution >= 0.6 is 24.2 Å². The molecule has 2 aliphatic rings. The molecule has 2 aliphatic heterocycles. The van der Waals surface area contributed by atoms with Crippen LogP contribution in [0.2, 0.25) is 0 Å². The highest BCUT2D eigenvalue weighted by Gasteiger charge is 2.36. The van der Waals surface area contributed by atoms with E-state index in [1.807, 2.05) is 17.8 Å². The van der Waals surface area contributed by atoms with Gasteiger partial charge in [-0.1, -0.05) is 6.92 Å². The van der Waals surface area contributed by atoms with Crippen LogP contribution in [-0.2, 0) is 4.79 Å². The molecule has 5 heteroatoms. The third kappa shape index (κ3) is 3.61. The number of halogens is 1. The zero-order chi connectivity index (χ0) is 14.8. The summed E-state index contributed by atoms with van der Waals surface area (Å²) in [4.78, 5) is 15.2. The van der Waals surface area contributed by atoms with Crippen LogP contribution in [-0.4, -0.2) is 35.8 Å². The Hall–Kier alpha value is -0.710. The maximum atomic E-state index is 11.2. The lowest BCUT2D eigenvalue weighted by molar-refractivity contribution is -0.131. The molecule has 0 spiro atoms. The van der Waals surface area contributed by atoms with Gasteiger partial charge in [-0.15, -0.1) is 24.2 Å². The van der Waals surface area contributed by atoms with Gasteiger partial charge < -0.3 is 4.74 Å². The van der Waals surface area contributed by atoms with E-state index in [0.29, 0.717) is 17.7 Å². The highest BCUT2D eigenvalue weighted by Crippen LogP contribution is 2.45. The van der Waals surface area contributed by atoms with E-state index in [-0.39, 0.29) is 18.4 Å². The molecule has 0 saturated carbocycles. The zero-order valence-corrected chi connectivity index (χ0v) is 14.8. The van der Waals surface area contributed by atoms with E-state index in [1.54, 1.807) is 0 Å². The third-order valence-corrected chi connectivity index (χ3v) is 5.65.